The molecule has 11 heteroatoms. The highest BCUT2D eigenvalue weighted by Gasteiger charge is 2.12. The molecule has 34 heavy (non-hydrogen) atoms. The molecule has 0 unspecified atom stereocenters. The van der Waals surface area contributed by atoms with E-state index in [2.05, 4.69) is 30.9 Å². The smallest absolute Gasteiger partial charge is 0.335 e. The zero-order valence-corrected chi connectivity index (χ0v) is 18.0. The molecule has 0 aliphatic heterocycles. The fraction of sp³-hybridized carbons (Fsp3) is 0. The van der Waals surface area contributed by atoms with Gasteiger partial charge in [0.15, 0.2) is 11.6 Å². The van der Waals surface area contributed by atoms with Gasteiger partial charge in [0, 0.05) is 11.9 Å². The van der Waals surface area contributed by atoms with E-state index < -0.39 is 17.7 Å². The van der Waals surface area contributed by atoms with Gasteiger partial charge < -0.3 is 21.1 Å². The number of benzene rings is 2. The minimum absolute atomic E-state index is 0.0858. The molecule has 0 spiro atoms. The lowest BCUT2D eigenvalue weighted by Crippen LogP contribution is -2.12. The van der Waals surface area contributed by atoms with Crippen molar-refractivity contribution in [1.82, 2.24) is 15.0 Å². The Hall–Kier alpha value is -4.57. The maximum atomic E-state index is 14.2. The lowest BCUT2D eigenvalue weighted by Gasteiger charge is -2.10. The van der Waals surface area contributed by atoms with Crippen LogP contribution in [0.5, 0.6) is 0 Å². The lowest BCUT2D eigenvalue weighted by molar-refractivity contribution is 0.0696. The Bertz CT molecular complexity index is 1350. The minimum Gasteiger partial charge on any atom is -0.478 e. The van der Waals surface area contributed by atoms with Crippen LogP contribution < -0.4 is 16.0 Å². The van der Waals surface area contributed by atoms with Crippen molar-refractivity contribution in [3.8, 4) is 0 Å². The minimum atomic E-state index is -1.05. The molecule has 2 aromatic heterocycles. The second-order valence-electron chi connectivity index (χ2n) is 6.89. The van der Waals surface area contributed by atoms with Gasteiger partial charge in [0.1, 0.15) is 5.82 Å². The first-order valence-corrected chi connectivity index (χ1v) is 10.2. The van der Waals surface area contributed by atoms with Crippen molar-refractivity contribution in [2.24, 2.45) is 0 Å². The van der Waals surface area contributed by atoms with Crippen LogP contribution in [0.25, 0.3) is 0 Å². The Balaban J connectivity index is 1.44. The van der Waals surface area contributed by atoms with Crippen molar-refractivity contribution >= 4 is 52.4 Å². The summed E-state index contributed by atoms with van der Waals surface area (Å²) in [5, 5.41) is 17.7. The van der Waals surface area contributed by atoms with Gasteiger partial charge in [-0.3, -0.25) is 4.79 Å². The molecule has 9 nitrogen and oxygen atoms in total. The van der Waals surface area contributed by atoms with Gasteiger partial charge in [-0.25, -0.2) is 19.2 Å². The van der Waals surface area contributed by atoms with Crippen LogP contribution in [0, 0.1) is 5.82 Å². The second kappa shape index (κ2) is 9.92. The number of carboxylic acid groups (broad SMARTS) is 1. The second-order valence-corrected chi connectivity index (χ2v) is 7.30. The lowest BCUT2D eigenvalue weighted by atomic mass is 10.2. The summed E-state index contributed by atoms with van der Waals surface area (Å²) in [5.41, 5.74) is 1.40. The topological polar surface area (TPSA) is 129 Å². The molecule has 4 rings (SSSR count). The normalized spacial score (nSPS) is 10.4. The molecular weight excluding hydrogens is 463 g/mol. The van der Waals surface area contributed by atoms with Gasteiger partial charge in [-0.05, 0) is 48.5 Å². The van der Waals surface area contributed by atoms with Crippen LogP contribution in [0.15, 0.2) is 73.1 Å². The van der Waals surface area contributed by atoms with E-state index >= 15 is 0 Å². The average Bonchev–Trinajstić information content (AvgIpc) is 2.83. The largest absolute Gasteiger partial charge is 0.478 e. The van der Waals surface area contributed by atoms with Crippen LogP contribution in [0.3, 0.4) is 0 Å². The number of aromatic nitrogens is 3. The number of carbonyl (C=O) groups is 2. The first kappa shape index (κ1) is 22.6. The molecule has 0 saturated carbocycles. The van der Waals surface area contributed by atoms with Crippen molar-refractivity contribution in [1.29, 1.82) is 0 Å². The van der Waals surface area contributed by atoms with E-state index in [1.807, 2.05) is 0 Å². The molecule has 4 aromatic rings. The molecule has 170 valence electrons. The Morgan fingerprint density at radius 2 is 1.62 bits per heavy atom. The molecule has 0 aliphatic rings. The highest BCUT2D eigenvalue weighted by molar-refractivity contribution is 6.33. The summed E-state index contributed by atoms with van der Waals surface area (Å²) in [6.07, 6.45) is 2.31. The number of nitrogens with zero attached hydrogens (tertiary/aromatic N) is 3. The summed E-state index contributed by atoms with van der Waals surface area (Å²) < 4.78 is 14.2. The summed E-state index contributed by atoms with van der Waals surface area (Å²) in [4.78, 5) is 35.5. The van der Waals surface area contributed by atoms with Crippen LogP contribution in [0.2, 0.25) is 5.02 Å². The maximum absolute atomic E-state index is 14.2. The van der Waals surface area contributed by atoms with Crippen molar-refractivity contribution in [3.05, 3.63) is 95.0 Å². The monoisotopic (exact) mass is 478 g/mol. The van der Waals surface area contributed by atoms with E-state index in [4.69, 9.17) is 16.7 Å². The molecule has 0 bridgehead atoms. The number of nitrogens with one attached hydrogen (secondary N) is 3. The first-order valence-electron chi connectivity index (χ1n) is 9.81. The Labute approximate surface area is 197 Å². The molecule has 0 atom stereocenters. The van der Waals surface area contributed by atoms with E-state index in [-0.39, 0.29) is 28.7 Å². The number of para-hydroxylation sites is 1. The van der Waals surface area contributed by atoms with Gasteiger partial charge in [0.2, 0.25) is 5.95 Å². The Kier molecular flexibility index (Phi) is 6.60. The third-order valence-electron chi connectivity index (χ3n) is 4.53. The Morgan fingerprint density at radius 3 is 2.29 bits per heavy atom. The number of carboxylic acids is 1. The van der Waals surface area contributed by atoms with E-state index in [0.717, 1.165) is 6.20 Å². The van der Waals surface area contributed by atoms with E-state index in [1.54, 1.807) is 24.3 Å². The average molecular weight is 479 g/mol. The van der Waals surface area contributed by atoms with Crippen LogP contribution in [0.4, 0.5) is 33.3 Å². The first-order chi connectivity index (χ1) is 16.4. The highest BCUT2D eigenvalue weighted by atomic mass is 35.5. The van der Waals surface area contributed by atoms with Crippen LogP contribution in [-0.4, -0.2) is 31.9 Å². The van der Waals surface area contributed by atoms with Crippen LogP contribution >= 0.6 is 11.6 Å². The quantitative estimate of drug-likeness (QED) is 0.288. The third-order valence-corrected chi connectivity index (χ3v) is 4.86. The fourth-order valence-electron chi connectivity index (χ4n) is 2.82. The van der Waals surface area contributed by atoms with E-state index in [9.17, 15) is 14.0 Å². The summed E-state index contributed by atoms with van der Waals surface area (Å²) in [5.74, 6) is -1.96. The molecule has 2 aromatic carbocycles. The van der Waals surface area contributed by atoms with Gasteiger partial charge in [0.25, 0.3) is 5.91 Å². The number of hydrogen-bond donors (Lipinski definition) is 4. The predicted octanol–water partition coefficient (Wildman–Crippen LogP) is 5.10. The standard InChI is InChI=1S/C23H16ClFN6O3/c24-16-3-1-2-4-18(16)29-21(32)14-7-10-19(26-11-14)30-20-17(25)12-27-23(31-20)28-15-8-5-13(6-9-15)22(33)34/h1-12H,(H,29,32)(H,33,34)(H2,26,27,28,30,31). The van der Waals surface area contributed by atoms with Gasteiger partial charge >= 0.3 is 5.97 Å². The summed E-state index contributed by atoms with van der Waals surface area (Å²) in [7, 11) is 0. The number of rotatable bonds is 7. The zero-order chi connectivity index (χ0) is 24.1. The van der Waals surface area contributed by atoms with Crippen molar-refractivity contribution in [2.75, 3.05) is 16.0 Å². The molecule has 2 heterocycles. The fourth-order valence-corrected chi connectivity index (χ4v) is 3.00. The predicted molar refractivity (Wildman–Crippen MR) is 126 cm³/mol. The van der Waals surface area contributed by atoms with Crippen LogP contribution in [-0.2, 0) is 0 Å². The molecule has 0 aliphatic carbocycles. The summed E-state index contributed by atoms with van der Waals surface area (Å²) >= 11 is 6.05. The number of anilines is 5. The Morgan fingerprint density at radius 1 is 0.882 bits per heavy atom. The molecule has 0 radical (unpaired) electrons. The van der Waals surface area contributed by atoms with Gasteiger partial charge in [-0.2, -0.15) is 4.98 Å². The van der Waals surface area contributed by atoms with Gasteiger partial charge in [0.05, 0.1) is 28.0 Å². The number of aromatic carboxylic acids is 1. The highest BCUT2D eigenvalue weighted by Crippen LogP contribution is 2.22. The molecule has 1 amide bonds. The number of carbonyl (C=O) groups excluding carboxylic acids is 1. The molecule has 0 fully saturated rings. The summed E-state index contributed by atoms with van der Waals surface area (Å²) in [6.45, 7) is 0. The molecule has 0 saturated heterocycles. The zero-order valence-electron chi connectivity index (χ0n) is 17.3. The van der Waals surface area contributed by atoms with Crippen LogP contribution in [0.1, 0.15) is 20.7 Å². The van der Waals surface area contributed by atoms with Crippen molar-refractivity contribution < 1.29 is 19.1 Å². The van der Waals surface area contributed by atoms with Crippen molar-refractivity contribution in [2.45, 2.75) is 0 Å². The molecular formula is C23H16ClFN6O3. The molecule has 4 N–H and O–H groups in total. The third kappa shape index (κ3) is 5.43. The SMILES string of the molecule is O=C(O)c1ccc(Nc2ncc(F)c(Nc3ccc(C(=O)Nc4ccccc4Cl)cn3)n2)cc1. The number of amides is 1. The van der Waals surface area contributed by atoms with Gasteiger partial charge in [-0.15, -0.1) is 0 Å². The number of hydrogen-bond acceptors (Lipinski definition) is 7. The number of pyridine rings is 1. The van der Waals surface area contributed by atoms with Gasteiger partial charge in [-0.1, -0.05) is 23.7 Å². The van der Waals surface area contributed by atoms with E-state index in [1.165, 1.54) is 42.6 Å². The van der Waals surface area contributed by atoms with Crippen molar-refractivity contribution in [3.63, 3.8) is 0 Å². The number of halogens is 2. The van der Waals surface area contributed by atoms with E-state index in [0.29, 0.717) is 16.4 Å². The summed E-state index contributed by atoms with van der Waals surface area (Å²) in [6, 6.07) is 15.8. The maximum Gasteiger partial charge on any atom is 0.335 e.